The van der Waals surface area contributed by atoms with Gasteiger partial charge in [-0.3, -0.25) is 0 Å². The molecule has 21 heavy (non-hydrogen) atoms. The molecule has 1 aromatic rings. The molecule has 0 saturated carbocycles. The summed E-state index contributed by atoms with van der Waals surface area (Å²) in [5, 5.41) is 37.1. The van der Waals surface area contributed by atoms with Gasteiger partial charge in [0.05, 0.1) is 0 Å². The number of nitrogens with two attached hydrogens (primary N) is 1. The number of hydrogen-bond donors (Lipinski definition) is 5. The Morgan fingerprint density at radius 3 is 2.10 bits per heavy atom. The zero-order valence-electron chi connectivity index (χ0n) is 11.2. The number of carbonyl (C=O) groups excluding carboxylic acids is 2. The van der Waals surface area contributed by atoms with Gasteiger partial charge in [-0.2, -0.15) is 0 Å². The summed E-state index contributed by atoms with van der Waals surface area (Å²) in [7, 11) is 0. The van der Waals surface area contributed by atoms with E-state index in [0.717, 1.165) is 3.07 Å². The Morgan fingerprint density at radius 1 is 1.10 bits per heavy atom. The molecule has 0 aliphatic rings. The Bertz CT molecular complexity index is 506. The second kappa shape index (κ2) is 8.07. The monoisotopic (exact) mass is 484 g/mol. The van der Waals surface area contributed by atoms with Crippen molar-refractivity contribution in [3.05, 3.63) is 29.8 Å². The van der Waals surface area contributed by atoms with Gasteiger partial charge >= 0.3 is 137 Å². The molecule has 4 atom stereocenters. The molecule has 6 N–H and O–H groups in total. The van der Waals surface area contributed by atoms with Crippen molar-refractivity contribution in [3.8, 4) is 0 Å². The van der Waals surface area contributed by atoms with E-state index in [0.29, 0.717) is 26.1 Å². The van der Waals surface area contributed by atoms with Gasteiger partial charge in [0, 0.05) is 0 Å². The van der Waals surface area contributed by atoms with E-state index >= 15 is 0 Å². The zero-order valence-corrected chi connectivity index (χ0v) is 16.7. The number of aliphatic hydroxyl groups is 4. The number of carbonyl (C=O) groups is 2. The second-order valence-electron chi connectivity index (χ2n) is 4.65. The van der Waals surface area contributed by atoms with Gasteiger partial charge in [-0.15, -0.1) is 0 Å². The van der Waals surface area contributed by atoms with Crippen LogP contribution in [-0.2, 0) is 30.9 Å². The van der Waals surface area contributed by atoms with E-state index in [2.05, 4.69) is 0 Å². The van der Waals surface area contributed by atoms with Crippen molar-refractivity contribution in [2.75, 3.05) is 6.61 Å². The molecule has 0 unspecified atom stereocenters. The molecular formula is C13H16HgNO6. The Kier molecular flexibility index (Phi) is 7.05. The van der Waals surface area contributed by atoms with Crippen LogP contribution in [0.4, 0.5) is 0 Å². The minimum atomic E-state index is -1.86. The number of rotatable bonds is 7. The van der Waals surface area contributed by atoms with E-state index in [1.807, 2.05) is 0 Å². The second-order valence-corrected chi connectivity index (χ2v) is 7.82. The van der Waals surface area contributed by atoms with Crippen molar-refractivity contribution < 1.29 is 56.1 Å². The molecule has 7 nitrogen and oxygen atoms in total. The molecular weight excluding hydrogens is 467 g/mol. The van der Waals surface area contributed by atoms with Crippen LogP contribution in [0, 0.1) is 0 Å². The van der Waals surface area contributed by atoms with Gasteiger partial charge in [0.1, 0.15) is 0 Å². The first-order chi connectivity index (χ1) is 9.79. The molecule has 0 aliphatic carbocycles. The van der Waals surface area contributed by atoms with Crippen LogP contribution < -0.4 is 8.81 Å². The first-order valence-electron chi connectivity index (χ1n) is 6.20. The molecule has 111 valence electrons. The van der Waals surface area contributed by atoms with Gasteiger partial charge in [-0.25, -0.2) is 0 Å². The summed E-state index contributed by atoms with van der Waals surface area (Å²) in [5.74, 6) is -1.95. The Morgan fingerprint density at radius 2 is 1.62 bits per heavy atom. The van der Waals surface area contributed by atoms with Gasteiger partial charge < -0.3 is 0 Å². The quantitative estimate of drug-likeness (QED) is 0.159. The third-order valence-electron chi connectivity index (χ3n) is 3.04. The van der Waals surface area contributed by atoms with Crippen LogP contribution in [-0.4, -0.2) is 63.0 Å². The zero-order chi connectivity index (χ0) is 16.2. The summed E-state index contributed by atoms with van der Waals surface area (Å²) < 4.78 is 1.10. The Hall–Kier alpha value is -0.705. The van der Waals surface area contributed by atoms with Crippen LogP contribution in [0.5, 0.6) is 0 Å². The van der Waals surface area contributed by atoms with Crippen molar-refractivity contribution in [1.82, 2.24) is 0 Å². The first-order valence-corrected chi connectivity index (χ1v) is 8.95. The summed E-state index contributed by atoms with van der Waals surface area (Å²) in [4.78, 5) is 23.9. The van der Waals surface area contributed by atoms with Crippen molar-refractivity contribution >= 4 is 14.6 Å². The van der Waals surface area contributed by atoms with Gasteiger partial charge in [0.25, 0.3) is 0 Å². The number of aliphatic hydroxyl groups excluding tert-OH is 4. The Labute approximate surface area is 137 Å². The molecule has 0 aliphatic heterocycles. The van der Waals surface area contributed by atoms with E-state index in [4.69, 9.17) is 10.8 Å². The summed E-state index contributed by atoms with van der Waals surface area (Å²) in [6.45, 7) is -0.809. The third kappa shape index (κ3) is 4.63. The number of benzene rings is 1. The molecule has 0 saturated heterocycles. The van der Waals surface area contributed by atoms with Crippen LogP contribution in [0.15, 0.2) is 24.3 Å². The summed E-state index contributed by atoms with van der Waals surface area (Å²) in [6, 6.07) is 4.78. The minimum absolute atomic E-state index is 0.147. The topological polar surface area (TPSA) is 141 Å². The fraction of sp³-hybridized carbons (Fsp3) is 0.385. The standard InChI is InChI=1S/C13H16NO6.Hg/c14-9(13(20)11(18)8(16)6-15)12(19)10(17)7-4-2-1-3-5-7;/h2-5,8-9,11,13,15-16,18,20H,6,14H2;/t8-,9+,11-,13-;/m1./s1. The van der Waals surface area contributed by atoms with Crippen molar-refractivity contribution in [2.45, 2.75) is 24.4 Å². The normalized spacial score (nSPS) is 16.9. The molecule has 0 bridgehead atoms. The molecule has 0 spiro atoms. The summed E-state index contributed by atoms with van der Waals surface area (Å²) in [6.07, 6.45) is -5.34. The van der Waals surface area contributed by atoms with E-state index < -0.39 is 42.5 Å². The molecule has 0 heterocycles. The molecule has 0 aromatic heterocycles. The van der Waals surface area contributed by atoms with Gasteiger partial charge in [0.2, 0.25) is 0 Å². The van der Waals surface area contributed by atoms with E-state index in [1.54, 1.807) is 12.1 Å². The maximum absolute atomic E-state index is 11.9. The van der Waals surface area contributed by atoms with Gasteiger partial charge in [-0.1, -0.05) is 0 Å². The number of hydrogen-bond acceptors (Lipinski definition) is 7. The van der Waals surface area contributed by atoms with Crippen molar-refractivity contribution in [3.63, 3.8) is 0 Å². The van der Waals surface area contributed by atoms with Crippen molar-refractivity contribution in [2.24, 2.45) is 5.73 Å². The molecule has 8 heteroatoms. The molecule has 1 aromatic carbocycles. The van der Waals surface area contributed by atoms with Crippen LogP contribution in [0.25, 0.3) is 0 Å². The van der Waals surface area contributed by atoms with Crippen LogP contribution in [0.3, 0.4) is 0 Å². The van der Waals surface area contributed by atoms with Gasteiger partial charge in [0.15, 0.2) is 0 Å². The van der Waals surface area contributed by atoms with E-state index in [9.17, 15) is 24.9 Å². The fourth-order valence-corrected chi connectivity index (χ4v) is 2.57. The molecule has 0 amide bonds. The van der Waals surface area contributed by atoms with Gasteiger partial charge in [-0.05, 0) is 0 Å². The Balaban J connectivity index is 2.82. The SMILES string of the molecule is N[C@@H](C(=O)C(=O)c1cc[c]([Hg])cc1)[C@@H](O)[C@H](O)[C@H](O)CO. The predicted molar refractivity (Wildman–Crippen MR) is 68.5 cm³/mol. The van der Waals surface area contributed by atoms with Crippen LogP contribution in [0.2, 0.25) is 0 Å². The first kappa shape index (κ1) is 18.3. The van der Waals surface area contributed by atoms with Crippen LogP contribution >= 0.6 is 0 Å². The number of ketones is 2. The molecule has 0 radical (unpaired) electrons. The molecule has 1 rings (SSSR count). The molecule has 0 fully saturated rings. The fourth-order valence-electron chi connectivity index (χ4n) is 1.65. The van der Waals surface area contributed by atoms with E-state index in [-0.39, 0.29) is 5.56 Å². The summed E-state index contributed by atoms with van der Waals surface area (Å²) >= 11 is 0.404. The van der Waals surface area contributed by atoms with E-state index in [1.165, 1.54) is 12.1 Å². The third-order valence-corrected chi connectivity index (χ3v) is 4.87. The average Bonchev–Trinajstić information content (AvgIpc) is 2.51. The average molecular weight is 483 g/mol. The summed E-state index contributed by atoms with van der Waals surface area (Å²) in [5.41, 5.74) is 5.61. The van der Waals surface area contributed by atoms with Crippen LogP contribution in [0.1, 0.15) is 10.4 Å². The van der Waals surface area contributed by atoms with Crippen molar-refractivity contribution in [1.29, 1.82) is 0 Å². The number of Topliss-reactive ketones (excluding diaryl/α,β-unsaturated/α-hetero) is 2. The predicted octanol–water partition coefficient (Wildman–Crippen LogP) is -2.99. The maximum atomic E-state index is 11.9.